The number of amides is 1. The molecular weight excluding hydrogens is 395 g/mol. The number of anilines is 1. The van der Waals surface area contributed by atoms with Crippen molar-refractivity contribution in [2.75, 3.05) is 31.6 Å². The number of hydrogen-bond donors (Lipinski definition) is 1. The van der Waals surface area contributed by atoms with Gasteiger partial charge in [-0.2, -0.15) is 0 Å². The number of likely N-dealkylation sites (tertiary alicyclic amines) is 1. The van der Waals surface area contributed by atoms with Crippen LogP contribution in [0.15, 0.2) is 53.6 Å². The number of ether oxygens (including phenoxy) is 1. The first kappa shape index (κ1) is 22.7. The van der Waals surface area contributed by atoms with Gasteiger partial charge in [0, 0.05) is 42.5 Å². The van der Waals surface area contributed by atoms with Crippen LogP contribution in [-0.2, 0) is 16.1 Å². The van der Waals surface area contributed by atoms with E-state index in [0.29, 0.717) is 29.6 Å². The number of nitrogens with zero attached hydrogens (tertiary/aromatic N) is 3. The second kappa shape index (κ2) is 10.4. The molecule has 7 heteroatoms. The highest BCUT2D eigenvalue weighted by molar-refractivity contribution is 5.96. The first-order valence-electron chi connectivity index (χ1n) is 10.7. The zero-order valence-corrected chi connectivity index (χ0v) is 18.6. The summed E-state index contributed by atoms with van der Waals surface area (Å²) >= 11 is 0. The second-order valence-electron chi connectivity index (χ2n) is 7.94. The molecule has 0 saturated carbocycles. The predicted octanol–water partition coefficient (Wildman–Crippen LogP) is 3.62. The maximum atomic E-state index is 15.0. The number of hydrazone groups is 1. The first-order valence-corrected chi connectivity index (χ1v) is 10.7. The Morgan fingerprint density at radius 2 is 1.97 bits per heavy atom. The molecular formula is C24H31FN4O2. The molecule has 3 rings (SSSR count). The Hall–Kier alpha value is -2.93. The lowest BCUT2D eigenvalue weighted by Gasteiger charge is -2.43. The number of para-hydroxylation sites is 1. The Morgan fingerprint density at radius 3 is 2.55 bits per heavy atom. The first-order chi connectivity index (χ1) is 14.9. The molecule has 6 nitrogen and oxygen atoms in total. The van der Waals surface area contributed by atoms with Crippen molar-refractivity contribution in [3.8, 4) is 0 Å². The molecule has 0 atom stereocenters. The number of carbonyl (C=O) groups is 1. The molecule has 1 aliphatic heterocycles. The summed E-state index contributed by atoms with van der Waals surface area (Å²) in [6.45, 7) is 8.44. The van der Waals surface area contributed by atoms with Crippen molar-refractivity contribution >= 4 is 17.5 Å². The fraction of sp³-hybridized carbons (Fsp3) is 0.417. The Balaban J connectivity index is 1.82. The van der Waals surface area contributed by atoms with E-state index in [1.807, 2.05) is 37.3 Å². The minimum absolute atomic E-state index is 0.0258. The average Bonchev–Trinajstić information content (AvgIpc) is 2.73. The molecule has 1 fully saturated rings. The standard InChI is InChI=1S/C24H31FN4O2/c1-5-26-27-23(31-4)18-11-12-19(22(25)13-18)16-29(21-9-7-6-8-10-21)24(30)20-14-28(15-20)17(2)3/h6-13,17,20,26H,5,14-16H2,1-4H3/b27-23-. The molecule has 1 heterocycles. The highest BCUT2D eigenvalue weighted by Crippen LogP contribution is 2.26. The van der Waals surface area contributed by atoms with Crippen LogP contribution in [0.5, 0.6) is 0 Å². The molecule has 0 spiro atoms. The smallest absolute Gasteiger partial charge is 0.237 e. The highest BCUT2D eigenvalue weighted by Gasteiger charge is 2.37. The summed E-state index contributed by atoms with van der Waals surface area (Å²) in [4.78, 5) is 17.2. The van der Waals surface area contributed by atoms with Crippen molar-refractivity contribution in [2.24, 2.45) is 11.0 Å². The number of halogens is 1. The fourth-order valence-electron chi connectivity index (χ4n) is 3.57. The zero-order chi connectivity index (χ0) is 22.4. The van der Waals surface area contributed by atoms with Gasteiger partial charge in [-0.15, -0.1) is 5.10 Å². The molecule has 31 heavy (non-hydrogen) atoms. The monoisotopic (exact) mass is 426 g/mol. The number of hydrogen-bond acceptors (Lipinski definition) is 5. The highest BCUT2D eigenvalue weighted by atomic mass is 19.1. The molecule has 1 saturated heterocycles. The summed E-state index contributed by atoms with van der Waals surface area (Å²) in [6.07, 6.45) is 0. The molecule has 1 amide bonds. The quantitative estimate of drug-likeness (QED) is 0.398. The summed E-state index contributed by atoms with van der Waals surface area (Å²) in [5.74, 6) is -0.133. The molecule has 2 aromatic rings. The van der Waals surface area contributed by atoms with Gasteiger partial charge in [0.15, 0.2) is 0 Å². The lowest BCUT2D eigenvalue weighted by atomic mass is 9.96. The third kappa shape index (κ3) is 5.41. The number of benzene rings is 2. The molecule has 0 aliphatic carbocycles. The van der Waals surface area contributed by atoms with Crippen LogP contribution in [0, 0.1) is 11.7 Å². The Bertz CT molecular complexity index is 911. The van der Waals surface area contributed by atoms with Gasteiger partial charge in [0.25, 0.3) is 0 Å². The minimum atomic E-state index is -0.398. The fourth-order valence-corrected chi connectivity index (χ4v) is 3.57. The van der Waals surface area contributed by atoms with Crippen molar-refractivity contribution in [3.05, 3.63) is 65.5 Å². The van der Waals surface area contributed by atoms with E-state index >= 15 is 0 Å². The Kier molecular flexibility index (Phi) is 7.63. The van der Waals surface area contributed by atoms with E-state index in [-0.39, 0.29) is 18.4 Å². The third-order valence-electron chi connectivity index (χ3n) is 5.48. The zero-order valence-electron chi connectivity index (χ0n) is 18.6. The molecule has 166 valence electrons. The van der Waals surface area contributed by atoms with Gasteiger partial charge in [0.05, 0.1) is 19.6 Å². The summed E-state index contributed by atoms with van der Waals surface area (Å²) in [5, 5.41) is 4.11. The maximum absolute atomic E-state index is 15.0. The largest absolute Gasteiger partial charge is 0.480 e. The summed E-state index contributed by atoms with van der Waals surface area (Å²) in [7, 11) is 1.50. The van der Waals surface area contributed by atoms with Crippen molar-refractivity contribution < 1.29 is 13.9 Å². The number of carbonyl (C=O) groups excluding carboxylic acids is 1. The number of nitrogens with one attached hydrogen (secondary N) is 1. The van der Waals surface area contributed by atoms with E-state index in [1.54, 1.807) is 17.0 Å². The molecule has 1 N–H and O–H groups in total. The van der Waals surface area contributed by atoms with E-state index in [9.17, 15) is 9.18 Å². The van der Waals surface area contributed by atoms with Crippen molar-refractivity contribution in [2.45, 2.75) is 33.4 Å². The van der Waals surface area contributed by atoms with Gasteiger partial charge < -0.3 is 15.1 Å². The van der Waals surface area contributed by atoms with Crippen molar-refractivity contribution in [1.82, 2.24) is 10.3 Å². The molecule has 0 bridgehead atoms. The molecule has 2 aromatic carbocycles. The number of rotatable bonds is 8. The topological polar surface area (TPSA) is 57.2 Å². The SMILES string of the molecule is CCN/N=C(\OC)c1ccc(CN(C(=O)C2CN(C(C)C)C2)c2ccccc2)c(F)c1. The van der Waals surface area contributed by atoms with Gasteiger partial charge in [0.2, 0.25) is 11.8 Å². The van der Waals surface area contributed by atoms with Crippen LogP contribution in [-0.4, -0.2) is 49.5 Å². The van der Waals surface area contributed by atoms with Gasteiger partial charge in [-0.25, -0.2) is 4.39 Å². The minimum Gasteiger partial charge on any atom is -0.480 e. The van der Waals surface area contributed by atoms with Crippen LogP contribution < -0.4 is 10.3 Å². The van der Waals surface area contributed by atoms with Crippen LogP contribution >= 0.6 is 0 Å². The summed E-state index contributed by atoms with van der Waals surface area (Å²) < 4.78 is 20.3. The molecule has 0 radical (unpaired) electrons. The Labute approximate surface area is 183 Å². The third-order valence-corrected chi connectivity index (χ3v) is 5.48. The van der Waals surface area contributed by atoms with Crippen molar-refractivity contribution in [1.29, 1.82) is 0 Å². The van der Waals surface area contributed by atoms with E-state index in [1.165, 1.54) is 13.2 Å². The van der Waals surface area contributed by atoms with Crippen LogP contribution in [0.1, 0.15) is 31.9 Å². The lowest BCUT2D eigenvalue weighted by Crippen LogP contribution is -2.56. The maximum Gasteiger partial charge on any atom is 0.237 e. The number of methoxy groups -OCH3 is 1. The summed E-state index contributed by atoms with van der Waals surface area (Å²) in [5.41, 5.74) is 4.57. The van der Waals surface area contributed by atoms with Crippen LogP contribution in [0.3, 0.4) is 0 Å². The molecule has 0 aromatic heterocycles. The van der Waals surface area contributed by atoms with Crippen LogP contribution in [0.25, 0.3) is 0 Å². The molecule has 0 unspecified atom stereocenters. The van der Waals surface area contributed by atoms with Crippen LogP contribution in [0.4, 0.5) is 10.1 Å². The van der Waals surface area contributed by atoms with Gasteiger partial charge in [0.1, 0.15) is 5.82 Å². The van der Waals surface area contributed by atoms with Crippen molar-refractivity contribution in [3.63, 3.8) is 0 Å². The van der Waals surface area contributed by atoms with E-state index < -0.39 is 5.82 Å². The lowest BCUT2D eigenvalue weighted by molar-refractivity contribution is -0.128. The van der Waals surface area contributed by atoms with E-state index in [0.717, 1.165) is 18.8 Å². The van der Waals surface area contributed by atoms with E-state index in [2.05, 4.69) is 29.3 Å². The van der Waals surface area contributed by atoms with Gasteiger partial charge in [-0.1, -0.05) is 24.3 Å². The van der Waals surface area contributed by atoms with Gasteiger partial charge in [-0.05, 0) is 45.0 Å². The predicted molar refractivity (Wildman–Crippen MR) is 121 cm³/mol. The second-order valence-corrected chi connectivity index (χ2v) is 7.94. The van der Waals surface area contributed by atoms with Crippen LogP contribution in [0.2, 0.25) is 0 Å². The normalized spacial score (nSPS) is 15.0. The summed E-state index contributed by atoms with van der Waals surface area (Å²) in [6, 6.07) is 14.7. The van der Waals surface area contributed by atoms with Gasteiger partial charge in [-0.3, -0.25) is 9.69 Å². The Morgan fingerprint density at radius 1 is 1.26 bits per heavy atom. The van der Waals surface area contributed by atoms with Gasteiger partial charge >= 0.3 is 0 Å². The van der Waals surface area contributed by atoms with E-state index in [4.69, 9.17) is 4.74 Å². The average molecular weight is 427 g/mol. The molecule has 1 aliphatic rings.